The molecule has 0 atom stereocenters. The van der Waals surface area contributed by atoms with Crippen molar-refractivity contribution >= 4 is 28.1 Å². The molecular formula is C20H21N3O2. The van der Waals surface area contributed by atoms with Crippen LogP contribution in [0.1, 0.15) is 5.56 Å². The van der Waals surface area contributed by atoms with Crippen molar-refractivity contribution in [2.75, 3.05) is 24.6 Å². The van der Waals surface area contributed by atoms with Crippen molar-refractivity contribution in [3.05, 3.63) is 66.2 Å². The van der Waals surface area contributed by atoms with E-state index in [1.165, 1.54) is 0 Å². The molecule has 3 aromatic carbocycles. The second-order valence-corrected chi connectivity index (χ2v) is 5.74. The van der Waals surface area contributed by atoms with Crippen LogP contribution >= 0.6 is 0 Å². The van der Waals surface area contributed by atoms with Crippen molar-refractivity contribution in [2.45, 2.75) is 6.61 Å². The van der Waals surface area contributed by atoms with Gasteiger partial charge in [-0.15, -0.1) is 0 Å². The van der Waals surface area contributed by atoms with Gasteiger partial charge in [-0.1, -0.05) is 54.6 Å². The predicted octanol–water partition coefficient (Wildman–Crippen LogP) is 3.16. The van der Waals surface area contributed by atoms with E-state index in [1.54, 1.807) is 13.1 Å². The van der Waals surface area contributed by atoms with Crippen LogP contribution in [0.5, 0.6) is 5.75 Å². The lowest BCUT2D eigenvalue weighted by atomic mass is 10.1. The van der Waals surface area contributed by atoms with Gasteiger partial charge in [-0.3, -0.25) is 4.79 Å². The summed E-state index contributed by atoms with van der Waals surface area (Å²) >= 11 is 0. The summed E-state index contributed by atoms with van der Waals surface area (Å²) in [6.07, 6.45) is 0. The number of carbonyl (C=O) groups is 1. The van der Waals surface area contributed by atoms with Crippen LogP contribution in [-0.4, -0.2) is 19.5 Å². The monoisotopic (exact) mass is 335 g/mol. The normalized spacial score (nSPS) is 10.6. The lowest BCUT2D eigenvalue weighted by Crippen LogP contribution is -2.25. The van der Waals surface area contributed by atoms with E-state index in [4.69, 9.17) is 10.5 Å². The Morgan fingerprint density at radius 2 is 1.72 bits per heavy atom. The van der Waals surface area contributed by atoms with Gasteiger partial charge in [-0.2, -0.15) is 0 Å². The van der Waals surface area contributed by atoms with E-state index >= 15 is 0 Å². The predicted molar refractivity (Wildman–Crippen MR) is 102 cm³/mol. The van der Waals surface area contributed by atoms with Gasteiger partial charge in [0.25, 0.3) is 0 Å². The van der Waals surface area contributed by atoms with Gasteiger partial charge in [0.15, 0.2) is 0 Å². The SMILES string of the molecule is CNCC(=O)Nc1c(N)cc(OCc2ccccc2)c2ccccc12. The molecule has 3 rings (SSSR count). The Morgan fingerprint density at radius 3 is 2.44 bits per heavy atom. The molecule has 5 nitrogen and oxygen atoms in total. The number of nitrogens with two attached hydrogens (primary N) is 1. The highest BCUT2D eigenvalue weighted by atomic mass is 16.5. The van der Waals surface area contributed by atoms with Crippen LogP contribution < -0.4 is 21.1 Å². The first-order valence-corrected chi connectivity index (χ1v) is 8.11. The molecule has 0 heterocycles. The van der Waals surface area contributed by atoms with E-state index in [0.29, 0.717) is 23.7 Å². The smallest absolute Gasteiger partial charge is 0.238 e. The lowest BCUT2D eigenvalue weighted by Gasteiger charge is -2.16. The summed E-state index contributed by atoms with van der Waals surface area (Å²) in [6.45, 7) is 0.676. The van der Waals surface area contributed by atoms with Gasteiger partial charge in [-0.25, -0.2) is 0 Å². The first-order valence-electron chi connectivity index (χ1n) is 8.11. The molecule has 0 unspecified atom stereocenters. The number of hydrogen-bond donors (Lipinski definition) is 3. The molecule has 25 heavy (non-hydrogen) atoms. The van der Waals surface area contributed by atoms with Crippen molar-refractivity contribution in [3.63, 3.8) is 0 Å². The molecule has 3 aromatic rings. The number of likely N-dealkylation sites (N-methyl/N-ethyl adjacent to an activating group) is 1. The van der Waals surface area contributed by atoms with Gasteiger partial charge in [-0.05, 0) is 12.6 Å². The first kappa shape index (κ1) is 16.8. The number of hydrogen-bond acceptors (Lipinski definition) is 4. The van der Waals surface area contributed by atoms with Crippen molar-refractivity contribution in [2.24, 2.45) is 0 Å². The van der Waals surface area contributed by atoms with Crippen LogP contribution in [0.15, 0.2) is 60.7 Å². The summed E-state index contributed by atoms with van der Waals surface area (Å²) in [7, 11) is 1.72. The van der Waals surface area contributed by atoms with E-state index < -0.39 is 0 Å². The molecule has 0 fully saturated rings. The first-order chi connectivity index (χ1) is 12.2. The number of nitrogens with one attached hydrogen (secondary N) is 2. The van der Waals surface area contributed by atoms with Crippen molar-refractivity contribution in [1.82, 2.24) is 5.32 Å². The van der Waals surface area contributed by atoms with E-state index in [-0.39, 0.29) is 12.5 Å². The average Bonchev–Trinajstić information content (AvgIpc) is 2.64. The zero-order chi connectivity index (χ0) is 17.6. The summed E-state index contributed by atoms with van der Waals surface area (Å²) in [5.41, 5.74) is 8.36. The number of carbonyl (C=O) groups excluding carboxylic acids is 1. The zero-order valence-corrected chi connectivity index (χ0v) is 14.1. The fourth-order valence-corrected chi connectivity index (χ4v) is 2.70. The van der Waals surface area contributed by atoms with E-state index in [0.717, 1.165) is 16.3 Å². The van der Waals surface area contributed by atoms with E-state index in [2.05, 4.69) is 10.6 Å². The maximum atomic E-state index is 11.9. The second-order valence-electron chi connectivity index (χ2n) is 5.74. The molecule has 0 aromatic heterocycles. The molecule has 1 amide bonds. The Morgan fingerprint density at radius 1 is 1.04 bits per heavy atom. The highest BCUT2D eigenvalue weighted by Crippen LogP contribution is 2.37. The van der Waals surface area contributed by atoms with Gasteiger partial charge in [0, 0.05) is 16.8 Å². The molecule has 0 spiro atoms. The standard InChI is InChI=1S/C20H21N3O2/c1-22-12-19(24)23-20-16-10-6-5-9-15(16)18(11-17(20)21)25-13-14-7-3-2-4-8-14/h2-11,22H,12-13,21H2,1H3,(H,23,24). The third-order valence-electron chi connectivity index (χ3n) is 3.88. The molecule has 0 bridgehead atoms. The van der Waals surface area contributed by atoms with Crippen LogP contribution in [0.2, 0.25) is 0 Å². The number of ether oxygens (including phenoxy) is 1. The molecule has 0 radical (unpaired) electrons. The number of benzene rings is 3. The molecule has 5 heteroatoms. The topological polar surface area (TPSA) is 76.4 Å². The van der Waals surface area contributed by atoms with Crippen molar-refractivity contribution in [3.8, 4) is 5.75 Å². The maximum absolute atomic E-state index is 11.9. The fourth-order valence-electron chi connectivity index (χ4n) is 2.70. The van der Waals surface area contributed by atoms with Crippen LogP contribution in [0.4, 0.5) is 11.4 Å². The summed E-state index contributed by atoms with van der Waals surface area (Å²) in [6, 6.07) is 19.5. The molecule has 0 saturated carbocycles. The third kappa shape index (κ3) is 3.89. The van der Waals surface area contributed by atoms with Gasteiger partial charge >= 0.3 is 0 Å². The Labute approximate surface area is 146 Å². The van der Waals surface area contributed by atoms with Gasteiger partial charge in [0.05, 0.1) is 17.9 Å². The molecule has 4 N–H and O–H groups in total. The molecule has 0 aliphatic heterocycles. The number of fused-ring (bicyclic) bond motifs is 1. The minimum atomic E-state index is -0.141. The number of rotatable bonds is 6. The largest absolute Gasteiger partial charge is 0.488 e. The second kappa shape index (κ2) is 7.68. The molecular weight excluding hydrogens is 314 g/mol. The Bertz CT molecular complexity index is 879. The van der Waals surface area contributed by atoms with Gasteiger partial charge in [0.2, 0.25) is 5.91 Å². The summed E-state index contributed by atoms with van der Waals surface area (Å²) in [5.74, 6) is 0.556. The minimum Gasteiger partial charge on any atom is -0.488 e. The minimum absolute atomic E-state index is 0.141. The van der Waals surface area contributed by atoms with Gasteiger partial charge < -0.3 is 21.1 Å². The number of anilines is 2. The Kier molecular flexibility index (Phi) is 5.16. The quantitative estimate of drug-likeness (QED) is 0.605. The van der Waals surface area contributed by atoms with E-state index in [9.17, 15) is 4.79 Å². The van der Waals surface area contributed by atoms with E-state index in [1.807, 2.05) is 54.6 Å². The highest BCUT2D eigenvalue weighted by molar-refractivity contribution is 6.09. The van der Waals surface area contributed by atoms with Crippen LogP contribution in [0, 0.1) is 0 Å². The lowest BCUT2D eigenvalue weighted by molar-refractivity contribution is -0.115. The van der Waals surface area contributed by atoms with Crippen molar-refractivity contribution < 1.29 is 9.53 Å². The number of nitrogen functional groups attached to an aromatic ring is 1. The third-order valence-corrected chi connectivity index (χ3v) is 3.88. The zero-order valence-electron chi connectivity index (χ0n) is 14.1. The van der Waals surface area contributed by atoms with Crippen LogP contribution in [-0.2, 0) is 11.4 Å². The van der Waals surface area contributed by atoms with Crippen LogP contribution in [0.25, 0.3) is 10.8 Å². The summed E-state index contributed by atoms with van der Waals surface area (Å²) < 4.78 is 5.99. The molecule has 0 saturated heterocycles. The van der Waals surface area contributed by atoms with Crippen LogP contribution in [0.3, 0.4) is 0 Å². The molecule has 0 aliphatic rings. The summed E-state index contributed by atoms with van der Waals surface area (Å²) in [5, 5.41) is 7.47. The van der Waals surface area contributed by atoms with Crippen molar-refractivity contribution in [1.29, 1.82) is 0 Å². The summed E-state index contributed by atoms with van der Waals surface area (Å²) in [4.78, 5) is 11.9. The fraction of sp³-hybridized carbons (Fsp3) is 0.150. The van der Waals surface area contributed by atoms with Gasteiger partial charge in [0.1, 0.15) is 12.4 Å². The molecule has 0 aliphatic carbocycles. The number of amides is 1. The maximum Gasteiger partial charge on any atom is 0.238 e. The Balaban J connectivity index is 1.94. The Hall–Kier alpha value is -3.05. The average molecular weight is 335 g/mol. The molecule has 128 valence electrons. The highest BCUT2D eigenvalue weighted by Gasteiger charge is 2.13.